The first kappa shape index (κ1) is 26.7. The van der Waals surface area contributed by atoms with E-state index in [0.29, 0.717) is 13.2 Å². The molecule has 0 unspecified atom stereocenters. The number of allylic oxidation sites excluding steroid dienone is 2. The van der Waals surface area contributed by atoms with Gasteiger partial charge in [0.1, 0.15) is 8.07 Å². The highest BCUT2D eigenvalue weighted by atomic mass is 28.4. The lowest BCUT2D eigenvalue weighted by atomic mass is 9.79. The summed E-state index contributed by atoms with van der Waals surface area (Å²) in [4.78, 5) is 14.5. The average Bonchev–Trinajstić information content (AvgIpc) is 2.62. The van der Waals surface area contributed by atoms with Gasteiger partial charge in [-0.15, -0.1) is 5.54 Å². The van der Waals surface area contributed by atoms with Crippen LogP contribution in [0.15, 0.2) is 12.2 Å². The molecule has 0 bridgehead atoms. The fraction of sp³-hybridized carbons (Fsp3) is 0.696. The summed E-state index contributed by atoms with van der Waals surface area (Å²) in [6, 6.07) is -0.414. The maximum Gasteiger partial charge on any atom is 0.258 e. The SMILES string of the molecule is CO[C@@]1(CC#C/C=C\C#C[Si](C)(C)C)C(=O)N(CCO[Si](C)(C)C(C)(C)C)[C@H]1CO. The van der Waals surface area contributed by atoms with E-state index in [1.165, 1.54) is 7.11 Å². The smallest absolute Gasteiger partial charge is 0.258 e. The normalized spacial score (nSPS) is 22.3. The minimum atomic E-state index is -1.88. The van der Waals surface area contributed by atoms with E-state index in [2.05, 4.69) is 76.8 Å². The van der Waals surface area contributed by atoms with Gasteiger partial charge in [0.2, 0.25) is 0 Å². The zero-order chi connectivity index (χ0) is 23.2. The zero-order valence-corrected chi connectivity index (χ0v) is 22.2. The van der Waals surface area contributed by atoms with E-state index in [9.17, 15) is 9.90 Å². The summed E-state index contributed by atoms with van der Waals surface area (Å²) in [5, 5.41) is 10.0. The fourth-order valence-corrected chi connectivity index (χ4v) is 4.45. The number of aliphatic hydroxyl groups is 1. The Balaban J connectivity index is 2.73. The number of nitrogens with zero attached hydrogens (tertiary/aromatic N) is 1. The van der Waals surface area contributed by atoms with Gasteiger partial charge < -0.3 is 19.2 Å². The second-order valence-electron chi connectivity index (χ2n) is 10.2. The summed E-state index contributed by atoms with van der Waals surface area (Å²) in [7, 11) is -1.77. The van der Waals surface area contributed by atoms with Crippen molar-refractivity contribution >= 4 is 22.3 Å². The van der Waals surface area contributed by atoms with Gasteiger partial charge in [-0.2, -0.15) is 0 Å². The number of hydrogen-bond donors (Lipinski definition) is 1. The lowest BCUT2D eigenvalue weighted by Crippen LogP contribution is -2.76. The number of carbonyl (C=O) groups is 1. The fourth-order valence-electron chi connectivity index (χ4n) is 2.90. The summed E-state index contributed by atoms with van der Waals surface area (Å²) in [5.41, 5.74) is 2.15. The number of aliphatic hydroxyl groups excluding tert-OH is 1. The Morgan fingerprint density at radius 3 is 2.27 bits per heavy atom. The molecule has 30 heavy (non-hydrogen) atoms. The zero-order valence-electron chi connectivity index (χ0n) is 20.2. The molecule has 0 aliphatic carbocycles. The minimum absolute atomic E-state index is 0.112. The van der Waals surface area contributed by atoms with Crippen molar-refractivity contribution in [3.05, 3.63) is 12.2 Å². The van der Waals surface area contributed by atoms with Gasteiger partial charge in [-0.05, 0) is 30.3 Å². The molecule has 0 aromatic heterocycles. The molecule has 1 rings (SSSR count). The van der Waals surface area contributed by atoms with Crippen molar-refractivity contribution in [3.8, 4) is 23.3 Å². The van der Waals surface area contributed by atoms with Crippen molar-refractivity contribution in [3.63, 3.8) is 0 Å². The van der Waals surface area contributed by atoms with E-state index < -0.39 is 28.0 Å². The predicted octanol–water partition coefficient (Wildman–Crippen LogP) is 3.43. The van der Waals surface area contributed by atoms with Gasteiger partial charge in [0.25, 0.3) is 5.91 Å². The van der Waals surface area contributed by atoms with Gasteiger partial charge in [0.15, 0.2) is 13.9 Å². The van der Waals surface area contributed by atoms with Gasteiger partial charge >= 0.3 is 0 Å². The predicted molar refractivity (Wildman–Crippen MR) is 128 cm³/mol. The number of amides is 1. The molecular weight excluding hydrogens is 410 g/mol. The Morgan fingerprint density at radius 1 is 1.17 bits per heavy atom. The molecule has 0 aromatic carbocycles. The molecule has 1 heterocycles. The summed E-state index contributed by atoms with van der Waals surface area (Å²) < 4.78 is 11.7. The van der Waals surface area contributed by atoms with Gasteiger partial charge in [0, 0.05) is 20.1 Å². The van der Waals surface area contributed by atoms with Crippen LogP contribution in [0.3, 0.4) is 0 Å². The number of hydrogen-bond acceptors (Lipinski definition) is 4. The highest BCUT2D eigenvalue weighted by molar-refractivity contribution is 6.83. The molecular formula is C23H39NO4Si2. The van der Waals surface area contributed by atoms with E-state index in [4.69, 9.17) is 9.16 Å². The molecule has 1 aliphatic heterocycles. The lowest BCUT2D eigenvalue weighted by molar-refractivity contribution is -0.203. The molecule has 5 nitrogen and oxygen atoms in total. The van der Waals surface area contributed by atoms with Crippen LogP contribution in [-0.4, -0.2) is 70.8 Å². The van der Waals surface area contributed by atoms with E-state index in [0.717, 1.165) is 0 Å². The molecule has 1 saturated heterocycles. The Hall–Kier alpha value is -1.36. The van der Waals surface area contributed by atoms with Crippen molar-refractivity contribution in [2.45, 2.75) is 76.6 Å². The molecule has 1 aliphatic rings. The van der Waals surface area contributed by atoms with E-state index in [1.54, 1.807) is 17.1 Å². The summed E-state index contributed by atoms with van der Waals surface area (Å²) >= 11 is 0. The number of ether oxygens (including phenoxy) is 1. The van der Waals surface area contributed by atoms with Crippen LogP contribution in [0.25, 0.3) is 0 Å². The molecule has 7 heteroatoms. The van der Waals surface area contributed by atoms with Crippen LogP contribution in [-0.2, 0) is 14.0 Å². The monoisotopic (exact) mass is 449 g/mol. The Labute approximate surface area is 185 Å². The Kier molecular flexibility index (Phi) is 9.16. The number of carbonyl (C=O) groups excluding carboxylic acids is 1. The highest BCUT2D eigenvalue weighted by Crippen LogP contribution is 2.38. The maximum atomic E-state index is 12.9. The largest absolute Gasteiger partial charge is 0.415 e. The van der Waals surface area contributed by atoms with Gasteiger partial charge in [-0.1, -0.05) is 58.2 Å². The van der Waals surface area contributed by atoms with Crippen molar-refractivity contribution < 1.29 is 19.1 Å². The number of rotatable bonds is 7. The van der Waals surface area contributed by atoms with E-state index >= 15 is 0 Å². The van der Waals surface area contributed by atoms with Gasteiger partial charge in [-0.3, -0.25) is 4.79 Å². The Morgan fingerprint density at radius 2 is 1.77 bits per heavy atom. The third kappa shape index (κ3) is 6.57. The van der Waals surface area contributed by atoms with Crippen molar-refractivity contribution in [2.75, 3.05) is 26.9 Å². The summed E-state index contributed by atoms with van der Waals surface area (Å²) in [5.74, 6) is 8.79. The van der Waals surface area contributed by atoms with Crippen molar-refractivity contribution in [2.24, 2.45) is 0 Å². The standard InChI is InChI=1S/C23H39NO4Si2/c1-22(2,3)30(8,9)28-17-16-24-20(19-25)23(27-4,21(24)26)15-13-11-10-12-14-18-29(5,6)7/h10,12,20,25H,15-17,19H2,1-9H3/b12-10-/t20-,23+/m0/s1. The second kappa shape index (κ2) is 10.3. The molecule has 0 saturated carbocycles. The maximum absolute atomic E-state index is 12.9. The van der Waals surface area contributed by atoms with E-state index in [-0.39, 0.29) is 24.0 Å². The first-order valence-electron chi connectivity index (χ1n) is 10.5. The second-order valence-corrected chi connectivity index (χ2v) is 19.8. The van der Waals surface area contributed by atoms with Gasteiger partial charge in [-0.25, -0.2) is 0 Å². The van der Waals surface area contributed by atoms with Gasteiger partial charge in [0.05, 0.1) is 19.3 Å². The third-order valence-corrected chi connectivity index (χ3v) is 11.3. The van der Waals surface area contributed by atoms with Crippen LogP contribution < -0.4 is 0 Å². The van der Waals surface area contributed by atoms with Crippen molar-refractivity contribution in [1.82, 2.24) is 4.90 Å². The third-order valence-electron chi connectivity index (χ3n) is 5.83. The molecule has 1 N–H and O–H groups in total. The van der Waals surface area contributed by atoms with Crippen LogP contribution in [0.2, 0.25) is 37.8 Å². The molecule has 1 fully saturated rings. The summed E-state index contributed by atoms with van der Waals surface area (Å²) in [6.07, 6.45) is 3.67. The molecule has 0 aromatic rings. The first-order chi connectivity index (χ1) is 13.7. The lowest BCUT2D eigenvalue weighted by Gasteiger charge is -2.54. The highest BCUT2D eigenvalue weighted by Gasteiger charge is 2.60. The number of likely N-dealkylation sites (tertiary alicyclic amines) is 1. The van der Waals surface area contributed by atoms with Crippen LogP contribution >= 0.6 is 0 Å². The van der Waals surface area contributed by atoms with Crippen LogP contribution in [0, 0.1) is 23.3 Å². The van der Waals surface area contributed by atoms with Crippen LogP contribution in [0.5, 0.6) is 0 Å². The average molecular weight is 450 g/mol. The number of β-lactam (4-membered cyclic amide) rings is 1. The molecule has 0 spiro atoms. The van der Waals surface area contributed by atoms with Crippen LogP contribution in [0.4, 0.5) is 0 Å². The van der Waals surface area contributed by atoms with Crippen molar-refractivity contribution in [1.29, 1.82) is 0 Å². The molecule has 2 atom stereocenters. The summed E-state index contributed by atoms with van der Waals surface area (Å²) in [6.45, 7) is 18.2. The minimum Gasteiger partial charge on any atom is -0.415 e. The first-order valence-corrected chi connectivity index (χ1v) is 16.9. The molecule has 1 amide bonds. The Bertz CT molecular complexity index is 757. The number of methoxy groups -OCH3 is 1. The van der Waals surface area contributed by atoms with E-state index in [1.807, 2.05) is 0 Å². The molecule has 0 radical (unpaired) electrons. The quantitative estimate of drug-likeness (QED) is 0.367. The topological polar surface area (TPSA) is 59.0 Å². The molecule has 168 valence electrons. The van der Waals surface area contributed by atoms with Crippen LogP contribution in [0.1, 0.15) is 27.2 Å².